The van der Waals surface area contributed by atoms with Crippen LogP contribution in [-0.4, -0.2) is 17.0 Å². The fourth-order valence-electron chi connectivity index (χ4n) is 1.48. The Hall–Kier alpha value is -1.45. The highest BCUT2D eigenvalue weighted by molar-refractivity contribution is 5.66. The van der Waals surface area contributed by atoms with E-state index in [1.165, 1.54) is 0 Å². The molecule has 0 saturated carbocycles. The highest BCUT2D eigenvalue weighted by Gasteiger charge is 2.28. The molecule has 0 aliphatic rings. The van der Waals surface area contributed by atoms with Crippen LogP contribution in [0.5, 0.6) is 0 Å². The molecule has 0 aliphatic heterocycles. The molecule has 88 valence electrons. The second kappa shape index (κ2) is 5.58. The average Bonchev–Trinajstić information content (AvgIpc) is 2.17. The van der Waals surface area contributed by atoms with E-state index < -0.39 is 11.9 Å². The number of carboxylic acid groups (broad SMARTS) is 1. The molecule has 1 aromatic carbocycles. The molecule has 0 bridgehead atoms. The predicted molar refractivity (Wildman–Crippen MR) is 56.6 cm³/mol. The normalized spacial score (nSPS) is 11.4. The van der Waals surface area contributed by atoms with Crippen molar-refractivity contribution in [2.75, 3.05) is 0 Å². The third-order valence-electron chi connectivity index (χ3n) is 2.24. The van der Waals surface area contributed by atoms with Crippen molar-refractivity contribution < 1.29 is 18.7 Å². The molecule has 1 aromatic rings. The Morgan fingerprint density at radius 1 is 1.25 bits per heavy atom. The molecule has 1 N–H and O–H groups in total. The van der Waals surface area contributed by atoms with Gasteiger partial charge in [0.05, 0.1) is 0 Å². The summed E-state index contributed by atoms with van der Waals surface area (Å²) in [6.45, 7) is 0. The van der Waals surface area contributed by atoms with E-state index in [1.54, 1.807) is 30.3 Å². The molecule has 0 radical (unpaired) electrons. The number of carboxylic acids is 1. The van der Waals surface area contributed by atoms with Crippen LogP contribution >= 0.6 is 0 Å². The molecule has 2 nitrogen and oxygen atoms in total. The zero-order valence-corrected chi connectivity index (χ0v) is 8.83. The number of aliphatic carboxylic acids is 1. The van der Waals surface area contributed by atoms with Crippen molar-refractivity contribution in [3.63, 3.8) is 0 Å². The average molecular weight is 228 g/mol. The monoisotopic (exact) mass is 228 g/mol. The second-order valence-electron chi connectivity index (χ2n) is 3.77. The lowest BCUT2D eigenvalue weighted by Gasteiger charge is -2.15. The van der Waals surface area contributed by atoms with Crippen molar-refractivity contribution >= 4 is 5.97 Å². The first-order valence-electron chi connectivity index (χ1n) is 5.13. The molecule has 0 aliphatic carbocycles. The van der Waals surface area contributed by atoms with E-state index >= 15 is 0 Å². The lowest BCUT2D eigenvalue weighted by Crippen LogP contribution is -2.19. The molecular weight excluding hydrogens is 214 g/mol. The van der Waals surface area contributed by atoms with E-state index in [0.717, 1.165) is 0 Å². The summed E-state index contributed by atoms with van der Waals surface area (Å²) in [4.78, 5) is 10.2. The van der Waals surface area contributed by atoms with Crippen molar-refractivity contribution in [2.24, 2.45) is 0 Å². The lowest BCUT2D eigenvalue weighted by molar-refractivity contribution is -0.137. The van der Waals surface area contributed by atoms with Crippen LogP contribution in [0.4, 0.5) is 8.78 Å². The van der Waals surface area contributed by atoms with Gasteiger partial charge in [-0.2, -0.15) is 0 Å². The van der Waals surface area contributed by atoms with E-state index in [1.807, 2.05) is 0 Å². The van der Waals surface area contributed by atoms with Crippen LogP contribution in [0.25, 0.3) is 0 Å². The van der Waals surface area contributed by atoms with Gasteiger partial charge in [0, 0.05) is 19.3 Å². The van der Waals surface area contributed by atoms with Crippen LogP contribution in [0.3, 0.4) is 0 Å². The van der Waals surface area contributed by atoms with Crippen molar-refractivity contribution in [3.05, 3.63) is 35.9 Å². The van der Waals surface area contributed by atoms with Gasteiger partial charge in [-0.3, -0.25) is 4.79 Å². The van der Waals surface area contributed by atoms with E-state index in [0.29, 0.717) is 5.56 Å². The maximum atomic E-state index is 13.4. The summed E-state index contributed by atoms with van der Waals surface area (Å²) in [7, 11) is 0. The molecule has 0 unspecified atom stereocenters. The van der Waals surface area contributed by atoms with Crippen LogP contribution < -0.4 is 0 Å². The molecule has 0 fully saturated rings. The van der Waals surface area contributed by atoms with E-state index in [2.05, 4.69) is 0 Å². The largest absolute Gasteiger partial charge is 0.481 e. The van der Waals surface area contributed by atoms with E-state index in [9.17, 15) is 13.6 Å². The van der Waals surface area contributed by atoms with Gasteiger partial charge in [0.25, 0.3) is 5.92 Å². The first-order chi connectivity index (χ1) is 7.49. The third-order valence-corrected chi connectivity index (χ3v) is 2.24. The third kappa shape index (κ3) is 4.87. The van der Waals surface area contributed by atoms with Gasteiger partial charge in [-0.15, -0.1) is 0 Å². The topological polar surface area (TPSA) is 37.3 Å². The molecule has 0 spiro atoms. The van der Waals surface area contributed by atoms with Gasteiger partial charge in [0.1, 0.15) is 0 Å². The summed E-state index contributed by atoms with van der Waals surface area (Å²) in [6.07, 6.45) is -0.902. The predicted octanol–water partition coefficient (Wildman–Crippen LogP) is 3.12. The number of alkyl halides is 2. The van der Waals surface area contributed by atoms with Gasteiger partial charge < -0.3 is 5.11 Å². The van der Waals surface area contributed by atoms with Crippen molar-refractivity contribution in [2.45, 2.75) is 31.6 Å². The fourth-order valence-corrected chi connectivity index (χ4v) is 1.48. The van der Waals surface area contributed by atoms with Gasteiger partial charge in [-0.1, -0.05) is 30.3 Å². The summed E-state index contributed by atoms with van der Waals surface area (Å²) < 4.78 is 26.7. The Morgan fingerprint density at radius 2 is 1.88 bits per heavy atom. The van der Waals surface area contributed by atoms with Gasteiger partial charge in [0.2, 0.25) is 0 Å². The number of hydrogen-bond donors (Lipinski definition) is 1. The summed E-state index contributed by atoms with van der Waals surface area (Å²) in [5.41, 5.74) is 0.572. The lowest BCUT2D eigenvalue weighted by atomic mass is 10.0. The SMILES string of the molecule is O=C(O)CCCC(F)(F)Cc1ccccc1. The molecule has 0 aromatic heterocycles. The minimum absolute atomic E-state index is 0.00909. The molecule has 0 heterocycles. The quantitative estimate of drug-likeness (QED) is 0.812. The Bertz CT molecular complexity index is 336. The molecule has 4 heteroatoms. The summed E-state index contributed by atoms with van der Waals surface area (Å²) in [5.74, 6) is -3.85. The molecular formula is C12H14F2O2. The zero-order valence-electron chi connectivity index (χ0n) is 8.83. The van der Waals surface area contributed by atoms with Crippen LogP contribution in [0.15, 0.2) is 30.3 Å². The van der Waals surface area contributed by atoms with Gasteiger partial charge >= 0.3 is 5.97 Å². The molecule has 16 heavy (non-hydrogen) atoms. The fraction of sp³-hybridized carbons (Fsp3) is 0.417. The standard InChI is InChI=1S/C12H14F2O2/c13-12(14,8-4-7-11(15)16)9-10-5-2-1-3-6-10/h1-3,5-6H,4,7-9H2,(H,15,16). The molecule has 0 amide bonds. The van der Waals surface area contributed by atoms with Crippen LogP contribution in [-0.2, 0) is 11.2 Å². The molecule has 1 rings (SSSR count). The van der Waals surface area contributed by atoms with Crippen molar-refractivity contribution in [1.29, 1.82) is 0 Å². The Balaban J connectivity index is 2.42. The minimum Gasteiger partial charge on any atom is -0.481 e. The summed E-state index contributed by atoms with van der Waals surface area (Å²) in [5, 5.41) is 8.36. The highest BCUT2D eigenvalue weighted by atomic mass is 19.3. The first-order valence-corrected chi connectivity index (χ1v) is 5.13. The number of hydrogen-bond acceptors (Lipinski definition) is 1. The number of benzene rings is 1. The molecule has 0 atom stereocenters. The van der Waals surface area contributed by atoms with Gasteiger partial charge in [-0.05, 0) is 12.0 Å². The van der Waals surface area contributed by atoms with E-state index in [4.69, 9.17) is 5.11 Å². The van der Waals surface area contributed by atoms with Crippen LogP contribution in [0.1, 0.15) is 24.8 Å². The Kier molecular flexibility index (Phi) is 4.40. The maximum Gasteiger partial charge on any atom is 0.303 e. The van der Waals surface area contributed by atoms with Crippen molar-refractivity contribution in [3.8, 4) is 0 Å². The molecule has 0 saturated heterocycles. The number of carbonyl (C=O) groups is 1. The summed E-state index contributed by atoms with van der Waals surface area (Å²) >= 11 is 0. The zero-order chi connectivity index (χ0) is 12.0. The second-order valence-corrected chi connectivity index (χ2v) is 3.77. The van der Waals surface area contributed by atoms with Crippen molar-refractivity contribution in [1.82, 2.24) is 0 Å². The Labute approximate surface area is 92.9 Å². The van der Waals surface area contributed by atoms with Gasteiger partial charge in [-0.25, -0.2) is 8.78 Å². The number of rotatable bonds is 6. The maximum absolute atomic E-state index is 13.4. The van der Waals surface area contributed by atoms with Gasteiger partial charge in [0.15, 0.2) is 0 Å². The minimum atomic E-state index is -2.82. The summed E-state index contributed by atoms with van der Waals surface area (Å²) in [6, 6.07) is 8.48. The van der Waals surface area contributed by atoms with E-state index in [-0.39, 0.29) is 25.7 Å². The smallest absolute Gasteiger partial charge is 0.303 e. The van der Waals surface area contributed by atoms with Crippen LogP contribution in [0, 0.1) is 0 Å². The highest BCUT2D eigenvalue weighted by Crippen LogP contribution is 2.25. The first kappa shape index (κ1) is 12.6. The Morgan fingerprint density at radius 3 is 2.44 bits per heavy atom. The number of halogens is 2. The van der Waals surface area contributed by atoms with Crippen LogP contribution in [0.2, 0.25) is 0 Å².